The third-order valence-corrected chi connectivity index (χ3v) is 4.15. The standard InChI is InChI=1S/C16H19N3/c1-11-9-13(15(18)19-10-11)14(17)16(7-8-16)12-5-3-2-4-6-12/h2-6,9-10,14H,7-8,17H2,1H3,(H2,18,19). The van der Waals surface area contributed by atoms with Crippen molar-refractivity contribution in [3.63, 3.8) is 0 Å². The second-order valence-corrected chi connectivity index (χ2v) is 5.49. The molecule has 0 saturated heterocycles. The number of hydrogen-bond acceptors (Lipinski definition) is 3. The number of nitrogens with two attached hydrogens (primary N) is 2. The Morgan fingerprint density at radius 3 is 2.53 bits per heavy atom. The number of aromatic nitrogens is 1. The van der Waals surface area contributed by atoms with E-state index in [-0.39, 0.29) is 11.5 Å². The van der Waals surface area contributed by atoms with Gasteiger partial charge in [0, 0.05) is 23.2 Å². The molecular formula is C16H19N3. The molecule has 3 nitrogen and oxygen atoms in total. The van der Waals surface area contributed by atoms with Gasteiger partial charge in [0.2, 0.25) is 0 Å². The van der Waals surface area contributed by atoms with E-state index in [1.807, 2.05) is 13.0 Å². The summed E-state index contributed by atoms with van der Waals surface area (Å²) in [6, 6.07) is 12.5. The fraction of sp³-hybridized carbons (Fsp3) is 0.312. The van der Waals surface area contributed by atoms with Crippen LogP contribution in [0.3, 0.4) is 0 Å². The van der Waals surface area contributed by atoms with Crippen molar-refractivity contribution in [2.45, 2.75) is 31.2 Å². The average molecular weight is 253 g/mol. The van der Waals surface area contributed by atoms with Crippen LogP contribution in [-0.2, 0) is 5.41 Å². The van der Waals surface area contributed by atoms with E-state index in [4.69, 9.17) is 11.5 Å². The van der Waals surface area contributed by atoms with E-state index in [1.54, 1.807) is 6.20 Å². The molecule has 4 N–H and O–H groups in total. The van der Waals surface area contributed by atoms with E-state index in [0.717, 1.165) is 24.0 Å². The molecule has 1 fully saturated rings. The minimum atomic E-state index is -0.0812. The molecule has 1 heterocycles. The van der Waals surface area contributed by atoms with Crippen LogP contribution in [0.1, 0.15) is 35.6 Å². The Kier molecular flexibility index (Phi) is 2.79. The van der Waals surface area contributed by atoms with Crippen molar-refractivity contribution in [1.29, 1.82) is 0 Å². The smallest absolute Gasteiger partial charge is 0.128 e. The van der Waals surface area contributed by atoms with E-state index in [0.29, 0.717) is 5.82 Å². The maximum atomic E-state index is 6.52. The molecule has 1 aromatic carbocycles. The van der Waals surface area contributed by atoms with Gasteiger partial charge in [0.1, 0.15) is 5.82 Å². The van der Waals surface area contributed by atoms with Gasteiger partial charge in [-0.15, -0.1) is 0 Å². The number of anilines is 1. The number of aryl methyl sites for hydroxylation is 1. The Morgan fingerprint density at radius 2 is 1.89 bits per heavy atom. The fourth-order valence-corrected chi connectivity index (χ4v) is 2.83. The lowest BCUT2D eigenvalue weighted by atomic mass is 9.84. The summed E-state index contributed by atoms with van der Waals surface area (Å²) < 4.78 is 0. The predicted octanol–water partition coefficient (Wildman–Crippen LogP) is 2.70. The van der Waals surface area contributed by atoms with Gasteiger partial charge in [-0.3, -0.25) is 0 Å². The molecule has 0 aliphatic heterocycles. The molecule has 3 heteroatoms. The first-order chi connectivity index (χ1) is 9.13. The van der Waals surface area contributed by atoms with E-state index in [2.05, 4.69) is 35.3 Å². The molecule has 0 amide bonds. The molecule has 1 aliphatic rings. The first-order valence-corrected chi connectivity index (χ1v) is 6.66. The Balaban J connectivity index is 2.00. The van der Waals surface area contributed by atoms with Crippen LogP contribution in [0.25, 0.3) is 0 Å². The molecule has 1 atom stereocenters. The molecule has 1 saturated carbocycles. The molecular weight excluding hydrogens is 234 g/mol. The summed E-state index contributed by atoms with van der Waals surface area (Å²) in [5, 5.41) is 0. The SMILES string of the molecule is Cc1cnc(N)c(C(N)C2(c3ccccc3)CC2)c1. The molecule has 0 radical (unpaired) electrons. The highest BCUT2D eigenvalue weighted by Gasteiger charge is 2.50. The summed E-state index contributed by atoms with van der Waals surface area (Å²) in [6.45, 7) is 2.02. The van der Waals surface area contributed by atoms with Gasteiger partial charge in [0.25, 0.3) is 0 Å². The van der Waals surface area contributed by atoms with Crippen molar-refractivity contribution in [2.75, 3.05) is 5.73 Å². The van der Waals surface area contributed by atoms with Crippen molar-refractivity contribution in [1.82, 2.24) is 4.98 Å². The van der Waals surface area contributed by atoms with Gasteiger partial charge < -0.3 is 11.5 Å². The lowest BCUT2D eigenvalue weighted by molar-refractivity contribution is 0.541. The van der Waals surface area contributed by atoms with Crippen LogP contribution in [0, 0.1) is 6.92 Å². The highest BCUT2D eigenvalue weighted by atomic mass is 14.9. The van der Waals surface area contributed by atoms with Gasteiger partial charge in [0.05, 0.1) is 0 Å². The molecule has 1 unspecified atom stereocenters. The van der Waals surface area contributed by atoms with E-state index in [1.165, 1.54) is 5.56 Å². The van der Waals surface area contributed by atoms with Crippen molar-refractivity contribution >= 4 is 5.82 Å². The lowest BCUT2D eigenvalue weighted by Crippen LogP contribution is -2.27. The lowest BCUT2D eigenvalue weighted by Gasteiger charge is -2.25. The molecule has 19 heavy (non-hydrogen) atoms. The Morgan fingerprint density at radius 1 is 1.21 bits per heavy atom. The first kappa shape index (κ1) is 12.2. The number of hydrogen-bond donors (Lipinski definition) is 2. The minimum Gasteiger partial charge on any atom is -0.383 e. The summed E-state index contributed by atoms with van der Waals surface area (Å²) in [6.07, 6.45) is 4.02. The quantitative estimate of drug-likeness (QED) is 0.884. The monoisotopic (exact) mass is 253 g/mol. The predicted molar refractivity (Wildman–Crippen MR) is 77.7 cm³/mol. The van der Waals surface area contributed by atoms with Gasteiger partial charge in [-0.05, 0) is 37.0 Å². The minimum absolute atomic E-state index is 0.0465. The molecule has 98 valence electrons. The third-order valence-electron chi connectivity index (χ3n) is 4.15. The van der Waals surface area contributed by atoms with Crippen LogP contribution in [0.4, 0.5) is 5.82 Å². The Labute approximate surface area is 113 Å². The summed E-state index contributed by atoms with van der Waals surface area (Å²) in [7, 11) is 0. The summed E-state index contributed by atoms with van der Waals surface area (Å²) >= 11 is 0. The van der Waals surface area contributed by atoms with Crippen LogP contribution >= 0.6 is 0 Å². The number of benzene rings is 1. The van der Waals surface area contributed by atoms with Gasteiger partial charge in [-0.25, -0.2) is 4.98 Å². The van der Waals surface area contributed by atoms with E-state index >= 15 is 0 Å². The van der Waals surface area contributed by atoms with E-state index in [9.17, 15) is 0 Å². The maximum absolute atomic E-state index is 6.52. The topological polar surface area (TPSA) is 64.9 Å². The molecule has 2 aromatic rings. The normalized spacial score (nSPS) is 18.0. The Bertz CT molecular complexity index is 588. The van der Waals surface area contributed by atoms with Crippen LogP contribution in [0.2, 0.25) is 0 Å². The number of rotatable bonds is 3. The third kappa shape index (κ3) is 2.00. The molecule has 0 spiro atoms. The van der Waals surface area contributed by atoms with Gasteiger partial charge in [-0.2, -0.15) is 0 Å². The van der Waals surface area contributed by atoms with Crippen molar-refractivity contribution in [3.05, 3.63) is 59.3 Å². The Hall–Kier alpha value is -1.87. The van der Waals surface area contributed by atoms with Crippen molar-refractivity contribution in [2.24, 2.45) is 5.73 Å². The summed E-state index contributed by atoms with van der Waals surface area (Å²) in [5.74, 6) is 0.556. The fourth-order valence-electron chi connectivity index (χ4n) is 2.83. The zero-order chi connectivity index (χ0) is 13.5. The zero-order valence-electron chi connectivity index (χ0n) is 11.1. The van der Waals surface area contributed by atoms with Crippen LogP contribution in [0.5, 0.6) is 0 Å². The second-order valence-electron chi connectivity index (χ2n) is 5.49. The molecule has 1 aliphatic carbocycles. The van der Waals surface area contributed by atoms with E-state index < -0.39 is 0 Å². The van der Waals surface area contributed by atoms with Gasteiger partial charge in [0.15, 0.2) is 0 Å². The number of nitrogen functional groups attached to an aromatic ring is 1. The highest BCUT2D eigenvalue weighted by Crippen LogP contribution is 2.56. The van der Waals surface area contributed by atoms with Crippen LogP contribution in [0.15, 0.2) is 42.6 Å². The second kappa shape index (κ2) is 4.35. The highest BCUT2D eigenvalue weighted by molar-refractivity contribution is 5.48. The maximum Gasteiger partial charge on any atom is 0.128 e. The zero-order valence-corrected chi connectivity index (χ0v) is 11.1. The molecule has 1 aromatic heterocycles. The first-order valence-electron chi connectivity index (χ1n) is 6.66. The number of pyridine rings is 1. The number of nitrogens with zero attached hydrogens (tertiary/aromatic N) is 1. The van der Waals surface area contributed by atoms with Crippen molar-refractivity contribution in [3.8, 4) is 0 Å². The van der Waals surface area contributed by atoms with Crippen LogP contribution in [-0.4, -0.2) is 4.98 Å². The summed E-state index contributed by atoms with van der Waals surface area (Å²) in [5.41, 5.74) is 15.9. The van der Waals surface area contributed by atoms with Gasteiger partial charge >= 0.3 is 0 Å². The largest absolute Gasteiger partial charge is 0.383 e. The van der Waals surface area contributed by atoms with Crippen LogP contribution < -0.4 is 11.5 Å². The summed E-state index contributed by atoms with van der Waals surface area (Å²) in [4.78, 5) is 4.23. The molecule has 0 bridgehead atoms. The average Bonchev–Trinajstić information content (AvgIpc) is 3.23. The van der Waals surface area contributed by atoms with Crippen molar-refractivity contribution < 1.29 is 0 Å². The van der Waals surface area contributed by atoms with Gasteiger partial charge in [-0.1, -0.05) is 30.3 Å². The molecule has 3 rings (SSSR count).